The van der Waals surface area contributed by atoms with Gasteiger partial charge in [-0.1, -0.05) is 5.11 Å². The number of carbonyl (C=O) groups excluding carboxylic acids is 1. The van der Waals surface area contributed by atoms with Gasteiger partial charge in [-0.2, -0.15) is 0 Å². The van der Waals surface area contributed by atoms with Gasteiger partial charge >= 0.3 is 0 Å². The normalized spacial score (nSPS) is 31.0. The monoisotopic (exact) mass is 690 g/mol. The predicted molar refractivity (Wildman–Crippen MR) is 141 cm³/mol. The summed E-state index contributed by atoms with van der Waals surface area (Å²) in [5.41, 5.74) is 5.15. The Morgan fingerprint density at radius 2 is 1.32 bits per heavy atom. The van der Waals surface area contributed by atoms with Crippen molar-refractivity contribution in [2.45, 2.75) is 61.4 Å². The third-order valence-electron chi connectivity index (χ3n) is 6.99. The minimum Gasteiger partial charge on any atom is -0.394 e. The average Bonchev–Trinajstić information content (AvgIpc) is 3.06. The topological polar surface area (TPSA) is 275 Å². The molecule has 18 nitrogen and oxygen atoms in total. The molecule has 0 aliphatic carbocycles. The summed E-state index contributed by atoms with van der Waals surface area (Å²) in [6.07, 6.45) is -16.0. The third-order valence-corrected chi connectivity index (χ3v) is 6.99. The van der Waals surface area contributed by atoms with Crippen molar-refractivity contribution in [1.29, 1.82) is 0 Å². The van der Waals surface area contributed by atoms with Gasteiger partial charge in [0.1, 0.15) is 60.1 Å². The van der Waals surface area contributed by atoms with Gasteiger partial charge in [-0.3, -0.25) is 4.79 Å². The Labute approximate surface area is 262 Å². The molecule has 47 heavy (non-hydrogen) atoms. The molecule has 2 heterocycles. The van der Waals surface area contributed by atoms with Crippen LogP contribution >= 0.6 is 0 Å². The highest BCUT2D eigenvalue weighted by atomic mass is 19.2. The molecule has 0 aromatic heterocycles. The molecule has 3 rings (SSSR count). The molecule has 0 bridgehead atoms. The van der Waals surface area contributed by atoms with E-state index < -0.39 is 115 Å². The first-order valence-electron chi connectivity index (χ1n) is 13.9. The summed E-state index contributed by atoms with van der Waals surface area (Å²) < 4.78 is 87.7. The number of aliphatic hydroxyl groups is 7. The van der Waals surface area contributed by atoms with E-state index >= 15 is 0 Å². The van der Waals surface area contributed by atoms with E-state index in [1.54, 1.807) is 0 Å². The van der Waals surface area contributed by atoms with Crippen molar-refractivity contribution in [3.63, 3.8) is 0 Å². The maximum absolute atomic E-state index is 14.0. The smallest absolute Gasteiger partial charge is 0.257 e. The number of halogens is 4. The molecule has 266 valence electrons. The van der Waals surface area contributed by atoms with E-state index in [-0.39, 0.29) is 39.6 Å². The van der Waals surface area contributed by atoms with E-state index in [4.69, 9.17) is 34.0 Å². The molecule has 0 spiro atoms. The van der Waals surface area contributed by atoms with Crippen molar-refractivity contribution in [2.24, 2.45) is 5.11 Å². The Bertz CT molecular complexity index is 1220. The zero-order valence-electron chi connectivity index (χ0n) is 24.3. The number of nitrogens with zero attached hydrogens (tertiary/aromatic N) is 3. The minimum absolute atomic E-state index is 0.0250. The van der Waals surface area contributed by atoms with E-state index in [0.29, 0.717) is 0 Å². The molecular weight excluding hydrogens is 656 g/mol. The van der Waals surface area contributed by atoms with E-state index in [1.165, 1.54) is 0 Å². The summed E-state index contributed by atoms with van der Waals surface area (Å²) in [5.74, 6) is -9.66. The Morgan fingerprint density at radius 1 is 0.766 bits per heavy atom. The number of ether oxygens (including phenoxy) is 6. The highest BCUT2D eigenvalue weighted by Gasteiger charge is 2.50. The molecule has 1 aromatic rings. The molecular formula is C25H34F4N4O14. The van der Waals surface area contributed by atoms with Crippen LogP contribution in [0.3, 0.4) is 0 Å². The molecule has 2 aliphatic heterocycles. The number of amides is 1. The molecule has 10 atom stereocenters. The highest BCUT2D eigenvalue weighted by Crippen LogP contribution is 2.31. The summed E-state index contributed by atoms with van der Waals surface area (Å²) in [7, 11) is 0. The van der Waals surface area contributed by atoms with Gasteiger partial charge in [0.05, 0.1) is 46.2 Å². The maximum atomic E-state index is 14.0. The number of carbonyl (C=O) groups is 1. The van der Waals surface area contributed by atoms with E-state index in [1.807, 2.05) is 5.32 Å². The molecule has 0 unspecified atom stereocenters. The third kappa shape index (κ3) is 9.22. The van der Waals surface area contributed by atoms with Crippen LogP contribution in [0.25, 0.3) is 10.4 Å². The van der Waals surface area contributed by atoms with Crippen LogP contribution in [0.15, 0.2) is 5.11 Å². The number of aliphatic hydroxyl groups excluding tert-OH is 7. The van der Waals surface area contributed by atoms with Crippen LogP contribution in [0, 0.1) is 23.3 Å². The summed E-state index contributed by atoms with van der Waals surface area (Å²) in [6.45, 7) is -2.36. The van der Waals surface area contributed by atoms with Gasteiger partial charge in [0.15, 0.2) is 35.8 Å². The lowest BCUT2D eigenvalue weighted by atomic mass is 9.97. The first-order valence-corrected chi connectivity index (χ1v) is 13.9. The highest BCUT2D eigenvalue weighted by molar-refractivity contribution is 5.95. The number of hydrogen-bond acceptors (Lipinski definition) is 15. The van der Waals surface area contributed by atoms with Crippen molar-refractivity contribution in [1.82, 2.24) is 5.32 Å². The largest absolute Gasteiger partial charge is 0.394 e. The number of benzene rings is 1. The fraction of sp³-hybridized carbons (Fsp3) is 0.720. The number of rotatable bonds is 16. The Morgan fingerprint density at radius 3 is 1.91 bits per heavy atom. The number of azide groups is 1. The molecule has 0 saturated carbocycles. The number of nitrogens with one attached hydrogen (secondary N) is 1. The van der Waals surface area contributed by atoms with Crippen molar-refractivity contribution in [3.8, 4) is 0 Å². The van der Waals surface area contributed by atoms with E-state index in [9.17, 15) is 58.1 Å². The number of hydrogen-bond donors (Lipinski definition) is 8. The van der Waals surface area contributed by atoms with Gasteiger partial charge < -0.3 is 69.5 Å². The molecule has 2 fully saturated rings. The lowest BCUT2D eigenvalue weighted by molar-refractivity contribution is -0.359. The van der Waals surface area contributed by atoms with Crippen LogP contribution < -0.4 is 5.32 Å². The fourth-order valence-electron chi connectivity index (χ4n) is 4.52. The van der Waals surface area contributed by atoms with Crippen molar-refractivity contribution >= 4 is 11.6 Å². The summed E-state index contributed by atoms with van der Waals surface area (Å²) in [5, 5.41) is 74.6. The molecule has 8 N–H and O–H groups in total. The lowest BCUT2D eigenvalue weighted by Crippen LogP contribution is -2.64. The second-order valence-corrected chi connectivity index (χ2v) is 10.0. The Balaban J connectivity index is 1.35. The molecule has 22 heteroatoms. The zero-order valence-corrected chi connectivity index (χ0v) is 24.3. The standard InChI is InChI=1S/C25H34F4N4O14/c26-12-11(13(27)15(29)16(14(12)28)32-33-30)23(41)31-1-2-42-3-4-43-5-6-44-24-21(40)19(38)22(10(8-35)46-24)47-25-20(39)18(37)17(36)9(7-34)45-25/h9-10,17-22,24-25,34-40H,1-8H2,(H,31,41)/t9-,10-,17+,18+,19-,20-,21-,22-,24-,25+/m1/s1. The Hall–Kier alpha value is -2.80. The molecule has 2 aliphatic rings. The van der Waals surface area contributed by atoms with Crippen LogP contribution in [-0.4, -0.2) is 156 Å². The van der Waals surface area contributed by atoms with Gasteiger partial charge in [0, 0.05) is 11.5 Å². The van der Waals surface area contributed by atoms with Crippen LogP contribution in [0.4, 0.5) is 23.2 Å². The second kappa shape index (κ2) is 18.1. The lowest BCUT2D eigenvalue weighted by Gasteiger charge is -2.45. The van der Waals surface area contributed by atoms with Gasteiger partial charge in [-0.05, 0) is 5.53 Å². The second-order valence-electron chi connectivity index (χ2n) is 10.0. The van der Waals surface area contributed by atoms with E-state index in [2.05, 4.69) is 10.0 Å². The summed E-state index contributed by atoms with van der Waals surface area (Å²) in [6, 6.07) is 0. The van der Waals surface area contributed by atoms with Gasteiger partial charge in [0.2, 0.25) is 0 Å². The van der Waals surface area contributed by atoms with E-state index in [0.717, 1.165) is 0 Å². The van der Waals surface area contributed by atoms with Crippen molar-refractivity contribution in [2.75, 3.05) is 52.8 Å². The van der Waals surface area contributed by atoms with Crippen LogP contribution in [-0.2, 0) is 28.4 Å². The Kier molecular flexibility index (Phi) is 14.9. The van der Waals surface area contributed by atoms with Crippen LogP contribution in [0.1, 0.15) is 10.4 Å². The first-order chi connectivity index (χ1) is 22.4. The molecule has 1 amide bonds. The van der Waals surface area contributed by atoms with Crippen LogP contribution in [0.5, 0.6) is 0 Å². The minimum atomic E-state index is -2.05. The predicted octanol–water partition coefficient (Wildman–Crippen LogP) is -2.41. The van der Waals surface area contributed by atoms with Gasteiger partial charge in [-0.25, -0.2) is 17.6 Å². The SMILES string of the molecule is [N-]=[N+]=Nc1c(F)c(F)c(C(=O)NCCOCCOCCO[C@@H]2O[C@H](CO)[C@@H](O[C@@H]3O[C@H](CO)[C@H](O)[C@H](O)[C@H]3O)[C@H](O)[C@H]2O)c(F)c1F. The maximum Gasteiger partial charge on any atom is 0.257 e. The quantitative estimate of drug-likeness (QED) is 0.0224. The summed E-state index contributed by atoms with van der Waals surface area (Å²) >= 11 is 0. The van der Waals surface area contributed by atoms with Gasteiger partial charge in [-0.15, -0.1) is 0 Å². The summed E-state index contributed by atoms with van der Waals surface area (Å²) in [4.78, 5) is 14.1. The first kappa shape index (κ1) is 38.6. The average molecular weight is 691 g/mol. The fourth-order valence-corrected chi connectivity index (χ4v) is 4.52. The molecule has 2 saturated heterocycles. The van der Waals surface area contributed by atoms with Crippen molar-refractivity contribution in [3.05, 3.63) is 39.3 Å². The molecule has 1 aromatic carbocycles. The molecule has 0 radical (unpaired) electrons. The van der Waals surface area contributed by atoms with Crippen molar-refractivity contribution < 1.29 is 86.5 Å². The van der Waals surface area contributed by atoms with Crippen LogP contribution in [0.2, 0.25) is 0 Å². The zero-order chi connectivity index (χ0) is 34.8. The van der Waals surface area contributed by atoms with Gasteiger partial charge in [0.25, 0.3) is 5.91 Å².